The van der Waals surface area contributed by atoms with E-state index in [0.29, 0.717) is 24.6 Å². The number of benzene rings is 1. The van der Waals surface area contributed by atoms with Crippen molar-refractivity contribution in [2.24, 2.45) is 5.92 Å². The SMILES string of the molecule is CCC(C)N(Cc1ccc(OS(=O)(=O)CC)cc1)C(=O)CCC1CCCC1. The normalized spacial score (nSPS) is 16.3. The van der Waals surface area contributed by atoms with Gasteiger partial charge >= 0.3 is 10.1 Å². The van der Waals surface area contributed by atoms with Gasteiger partial charge in [0.05, 0.1) is 5.75 Å². The third kappa shape index (κ3) is 6.83. The highest BCUT2D eigenvalue weighted by Crippen LogP contribution is 2.29. The van der Waals surface area contributed by atoms with Crippen molar-refractivity contribution in [1.29, 1.82) is 0 Å². The van der Waals surface area contributed by atoms with Gasteiger partial charge in [0.1, 0.15) is 5.75 Å². The van der Waals surface area contributed by atoms with Crippen LogP contribution in [0.15, 0.2) is 24.3 Å². The van der Waals surface area contributed by atoms with Crippen LogP contribution in [0.4, 0.5) is 0 Å². The summed E-state index contributed by atoms with van der Waals surface area (Å²) in [5.41, 5.74) is 0.978. The lowest BCUT2D eigenvalue weighted by molar-refractivity contribution is -0.134. The molecule has 1 aromatic rings. The maximum atomic E-state index is 12.8. The van der Waals surface area contributed by atoms with Gasteiger partial charge in [-0.25, -0.2) is 0 Å². The monoisotopic (exact) mass is 395 g/mol. The molecule has 0 aliphatic heterocycles. The number of hydrogen-bond acceptors (Lipinski definition) is 4. The first-order valence-electron chi connectivity index (χ1n) is 10.1. The summed E-state index contributed by atoms with van der Waals surface area (Å²) in [5.74, 6) is 1.17. The molecule has 27 heavy (non-hydrogen) atoms. The summed E-state index contributed by atoms with van der Waals surface area (Å²) >= 11 is 0. The van der Waals surface area contributed by atoms with E-state index >= 15 is 0 Å². The summed E-state index contributed by atoms with van der Waals surface area (Å²) < 4.78 is 28.1. The van der Waals surface area contributed by atoms with Gasteiger partial charge in [-0.15, -0.1) is 0 Å². The topological polar surface area (TPSA) is 63.7 Å². The van der Waals surface area contributed by atoms with Crippen LogP contribution in [0.3, 0.4) is 0 Å². The highest BCUT2D eigenvalue weighted by molar-refractivity contribution is 7.87. The van der Waals surface area contributed by atoms with Crippen molar-refractivity contribution in [1.82, 2.24) is 4.90 Å². The van der Waals surface area contributed by atoms with Crippen LogP contribution in [-0.2, 0) is 21.5 Å². The highest BCUT2D eigenvalue weighted by atomic mass is 32.2. The molecule has 1 amide bonds. The molecule has 1 fully saturated rings. The van der Waals surface area contributed by atoms with E-state index in [4.69, 9.17) is 4.18 Å². The largest absolute Gasteiger partial charge is 0.382 e. The molecule has 1 atom stereocenters. The molecule has 1 saturated carbocycles. The van der Waals surface area contributed by atoms with Gasteiger partial charge in [0.25, 0.3) is 0 Å². The van der Waals surface area contributed by atoms with Crippen molar-refractivity contribution in [3.05, 3.63) is 29.8 Å². The summed E-state index contributed by atoms with van der Waals surface area (Å²) in [7, 11) is -3.52. The lowest BCUT2D eigenvalue weighted by Crippen LogP contribution is -2.37. The molecule has 152 valence electrons. The minimum absolute atomic E-state index is 0.0635. The Hall–Kier alpha value is -1.56. The fraction of sp³-hybridized carbons (Fsp3) is 0.667. The van der Waals surface area contributed by atoms with Crippen molar-refractivity contribution in [2.75, 3.05) is 5.75 Å². The van der Waals surface area contributed by atoms with Gasteiger partial charge in [0, 0.05) is 19.0 Å². The van der Waals surface area contributed by atoms with Gasteiger partial charge in [-0.3, -0.25) is 4.79 Å². The van der Waals surface area contributed by atoms with Gasteiger partial charge in [-0.2, -0.15) is 8.42 Å². The Kier molecular flexibility index (Phi) is 8.14. The van der Waals surface area contributed by atoms with E-state index in [1.54, 1.807) is 19.1 Å². The van der Waals surface area contributed by atoms with Crippen molar-refractivity contribution >= 4 is 16.0 Å². The number of nitrogens with zero attached hydrogens (tertiary/aromatic N) is 1. The minimum atomic E-state index is -3.52. The van der Waals surface area contributed by atoms with Crippen molar-refractivity contribution < 1.29 is 17.4 Å². The molecule has 5 nitrogen and oxygen atoms in total. The molecular weight excluding hydrogens is 362 g/mol. The summed E-state index contributed by atoms with van der Waals surface area (Å²) in [6, 6.07) is 7.15. The molecule has 6 heteroatoms. The van der Waals surface area contributed by atoms with Gasteiger partial charge in [-0.1, -0.05) is 44.7 Å². The summed E-state index contributed by atoms with van der Waals surface area (Å²) in [4.78, 5) is 14.8. The van der Waals surface area contributed by atoms with Crippen molar-refractivity contribution in [2.45, 2.75) is 78.3 Å². The average Bonchev–Trinajstić information content (AvgIpc) is 3.18. The Morgan fingerprint density at radius 1 is 1.19 bits per heavy atom. The Bertz CT molecular complexity index is 693. The van der Waals surface area contributed by atoms with E-state index in [0.717, 1.165) is 18.4 Å². The second-order valence-electron chi connectivity index (χ2n) is 7.54. The highest BCUT2D eigenvalue weighted by Gasteiger charge is 2.22. The van der Waals surface area contributed by atoms with Crippen molar-refractivity contribution in [3.63, 3.8) is 0 Å². The molecule has 0 heterocycles. The van der Waals surface area contributed by atoms with E-state index < -0.39 is 10.1 Å². The van der Waals surface area contributed by atoms with E-state index in [1.807, 2.05) is 17.0 Å². The van der Waals surface area contributed by atoms with Crippen LogP contribution in [0.2, 0.25) is 0 Å². The van der Waals surface area contributed by atoms with E-state index in [2.05, 4.69) is 13.8 Å². The minimum Gasteiger partial charge on any atom is -0.382 e. The molecule has 0 radical (unpaired) electrons. The number of rotatable bonds is 10. The van der Waals surface area contributed by atoms with Gasteiger partial charge in [0.15, 0.2) is 0 Å². The second-order valence-corrected chi connectivity index (χ2v) is 9.40. The predicted octanol–water partition coefficient (Wildman–Crippen LogP) is 4.51. The first kappa shape index (κ1) is 21.7. The zero-order chi connectivity index (χ0) is 19.9. The zero-order valence-electron chi connectivity index (χ0n) is 16.8. The van der Waals surface area contributed by atoms with Crippen LogP contribution in [0.1, 0.15) is 71.3 Å². The molecule has 0 spiro atoms. The Labute approximate surface area is 164 Å². The van der Waals surface area contributed by atoms with Gasteiger partial charge in [0.2, 0.25) is 5.91 Å². The van der Waals surface area contributed by atoms with Gasteiger partial charge < -0.3 is 9.08 Å². The van der Waals surface area contributed by atoms with Crippen LogP contribution in [-0.4, -0.2) is 31.0 Å². The van der Waals surface area contributed by atoms with E-state index in [9.17, 15) is 13.2 Å². The maximum absolute atomic E-state index is 12.8. The predicted molar refractivity (Wildman–Crippen MR) is 108 cm³/mol. The van der Waals surface area contributed by atoms with Crippen LogP contribution in [0, 0.1) is 5.92 Å². The van der Waals surface area contributed by atoms with Crippen LogP contribution < -0.4 is 4.18 Å². The summed E-state index contributed by atoms with van der Waals surface area (Å²) in [6.07, 6.45) is 7.65. The second kappa shape index (κ2) is 10.1. The Balaban J connectivity index is 1.99. The zero-order valence-corrected chi connectivity index (χ0v) is 17.6. The van der Waals surface area contributed by atoms with Crippen LogP contribution in [0.5, 0.6) is 5.75 Å². The molecule has 1 aromatic carbocycles. The summed E-state index contributed by atoms with van der Waals surface area (Å²) in [5, 5.41) is 0. The molecule has 1 aliphatic rings. The standard InChI is InChI=1S/C21H33NO4S/c1-4-17(3)22(21(23)15-12-18-8-6-7-9-18)16-19-10-13-20(14-11-19)26-27(24,25)5-2/h10-11,13-14,17-18H,4-9,12,15-16H2,1-3H3. The van der Waals surface area contributed by atoms with Crippen molar-refractivity contribution in [3.8, 4) is 5.75 Å². The van der Waals surface area contributed by atoms with Crippen LogP contribution in [0.25, 0.3) is 0 Å². The molecule has 1 aliphatic carbocycles. The maximum Gasteiger partial charge on any atom is 0.308 e. The number of carbonyl (C=O) groups is 1. The molecule has 0 saturated heterocycles. The van der Waals surface area contributed by atoms with Gasteiger partial charge in [-0.05, 0) is 50.3 Å². The number of carbonyl (C=O) groups excluding carboxylic acids is 1. The third-order valence-corrected chi connectivity index (χ3v) is 6.69. The first-order valence-corrected chi connectivity index (χ1v) is 11.7. The lowest BCUT2D eigenvalue weighted by atomic mass is 10.0. The lowest BCUT2D eigenvalue weighted by Gasteiger charge is -2.29. The Morgan fingerprint density at radius 2 is 1.81 bits per heavy atom. The Morgan fingerprint density at radius 3 is 2.37 bits per heavy atom. The third-order valence-electron chi connectivity index (χ3n) is 5.54. The summed E-state index contributed by atoms with van der Waals surface area (Å²) in [6.45, 7) is 6.26. The molecule has 2 rings (SSSR count). The average molecular weight is 396 g/mol. The van der Waals surface area contributed by atoms with E-state index in [-0.39, 0.29) is 17.7 Å². The molecule has 0 bridgehead atoms. The fourth-order valence-electron chi connectivity index (χ4n) is 3.53. The quantitative estimate of drug-likeness (QED) is 0.547. The van der Waals surface area contributed by atoms with Crippen LogP contribution >= 0.6 is 0 Å². The molecule has 0 aromatic heterocycles. The first-order chi connectivity index (χ1) is 12.8. The fourth-order valence-corrected chi connectivity index (χ4v) is 4.06. The number of amides is 1. The van der Waals surface area contributed by atoms with E-state index in [1.165, 1.54) is 25.7 Å². The number of hydrogen-bond donors (Lipinski definition) is 0. The smallest absolute Gasteiger partial charge is 0.308 e. The molecular formula is C21H33NO4S. The molecule has 1 unspecified atom stereocenters. The molecule has 0 N–H and O–H groups in total.